The monoisotopic (exact) mass is 520 g/mol. The molecule has 5 heteroatoms. The quantitative estimate of drug-likeness (QED) is 0.282. The van der Waals surface area contributed by atoms with Crippen LogP contribution in [-0.4, -0.2) is 34.0 Å². The molecule has 0 heterocycles. The van der Waals surface area contributed by atoms with Crippen LogP contribution in [0.15, 0.2) is 60.2 Å². The number of aryl methyl sites for hydroxylation is 1. The smallest absolute Gasteiger partial charge is 0.303 e. The van der Waals surface area contributed by atoms with E-state index in [0.717, 1.165) is 36.0 Å². The molecule has 38 heavy (non-hydrogen) atoms. The molecule has 5 nitrogen and oxygen atoms in total. The fraction of sp³-hybridized carbons (Fsp3) is 0.485. The largest absolute Gasteiger partial charge is 0.491 e. The maximum absolute atomic E-state index is 10.7. The Kier molecular flexibility index (Phi) is 9.61. The van der Waals surface area contributed by atoms with Crippen LogP contribution in [0, 0.1) is 12.8 Å². The van der Waals surface area contributed by atoms with Crippen molar-refractivity contribution < 1.29 is 24.9 Å². The van der Waals surface area contributed by atoms with Gasteiger partial charge in [-0.2, -0.15) is 0 Å². The molecule has 2 aromatic carbocycles. The van der Waals surface area contributed by atoms with E-state index in [9.17, 15) is 15.0 Å². The highest BCUT2D eigenvalue weighted by molar-refractivity contribution is 5.78. The number of carboxylic acids is 1. The number of hydrogen-bond donors (Lipinski definition) is 3. The van der Waals surface area contributed by atoms with Gasteiger partial charge >= 0.3 is 5.97 Å². The van der Waals surface area contributed by atoms with Crippen molar-refractivity contribution in [1.29, 1.82) is 0 Å². The van der Waals surface area contributed by atoms with E-state index in [1.807, 2.05) is 39.0 Å². The highest BCUT2D eigenvalue weighted by Gasteiger charge is 2.37. The van der Waals surface area contributed by atoms with E-state index < -0.39 is 17.7 Å². The van der Waals surface area contributed by atoms with Crippen molar-refractivity contribution in [2.75, 3.05) is 6.61 Å². The zero-order chi connectivity index (χ0) is 28.1. The summed E-state index contributed by atoms with van der Waals surface area (Å²) in [5.74, 6) is 0.146. The lowest BCUT2D eigenvalue weighted by Crippen LogP contribution is -2.34. The highest BCUT2D eigenvalue weighted by atomic mass is 16.5. The topological polar surface area (TPSA) is 87.0 Å². The van der Waals surface area contributed by atoms with Gasteiger partial charge in [-0.3, -0.25) is 4.79 Å². The van der Waals surface area contributed by atoms with Crippen LogP contribution >= 0.6 is 0 Å². The van der Waals surface area contributed by atoms with Crippen molar-refractivity contribution >= 4 is 11.5 Å². The van der Waals surface area contributed by atoms with Crippen molar-refractivity contribution in [3.63, 3.8) is 0 Å². The van der Waals surface area contributed by atoms with Gasteiger partial charge < -0.3 is 20.1 Å². The van der Waals surface area contributed by atoms with E-state index in [0.29, 0.717) is 11.7 Å². The van der Waals surface area contributed by atoms with E-state index in [4.69, 9.17) is 9.84 Å². The van der Waals surface area contributed by atoms with Gasteiger partial charge in [0, 0.05) is 11.8 Å². The molecule has 1 aliphatic rings. The molecule has 0 saturated heterocycles. The van der Waals surface area contributed by atoms with Crippen LogP contribution < -0.4 is 4.74 Å². The Balaban J connectivity index is 1.81. The van der Waals surface area contributed by atoms with Crippen LogP contribution in [0.5, 0.6) is 5.75 Å². The van der Waals surface area contributed by atoms with Gasteiger partial charge in [-0.25, -0.2) is 0 Å². The van der Waals surface area contributed by atoms with Crippen LogP contribution in [0.4, 0.5) is 0 Å². The first-order valence-electron chi connectivity index (χ1n) is 13.8. The zero-order valence-electron chi connectivity index (χ0n) is 23.8. The van der Waals surface area contributed by atoms with Crippen molar-refractivity contribution in [2.24, 2.45) is 5.92 Å². The SMILES string of the molecule is CCC(CC)(c1ccc(OC[C@H](O)CCC(=O)O)c(C)c1)C1C=CC(c2cccc(C(C)(C)O)c2)=C(C)C1. The summed E-state index contributed by atoms with van der Waals surface area (Å²) in [5.41, 5.74) is 6.02. The minimum Gasteiger partial charge on any atom is -0.491 e. The molecule has 0 aromatic heterocycles. The second-order valence-corrected chi connectivity index (χ2v) is 11.2. The fourth-order valence-corrected chi connectivity index (χ4v) is 5.73. The van der Waals surface area contributed by atoms with Crippen molar-refractivity contribution in [3.8, 4) is 5.75 Å². The van der Waals surface area contributed by atoms with Crippen LogP contribution in [-0.2, 0) is 15.8 Å². The van der Waals surface area contributed by atoms with Gasteiger partial charge in [-0.15, -0.1) is 0 Å². The molecule has 0 spiro atoms. The van der Waals surface area contributed by atoms with Gasteiger partial charge in [0.05, 0.1) is 11.7 Å². The molecule has 206 valence electrons. The molecule has 0 aliphatic heterocycles. The van der Waals surface area contributed by atoms with E-state index >= 15 is 0 Å². The molecular formula is C33H44O5. The van der Waals surface area contributed by atoms with E-state index in [2.05, 4.69) is 57.2 Å². The molecular weight excluding hydrogens is 476 g/mol. The first kappa shape index (κ1) is 29.7. The normalized spacial score (nSPS) is 17.0. The molecule has 2 atom stereocenters. The minimum absolute atomic E-state index is 0.0253. The summed E-state index contributed by atoms with van der Waals surface area (Å²) >= 11 is 0. The Morgan fingerprint density at radius 3 is 2.37 bits per heavy atom. The van der Waals surface area contributed by atoms with Gasteiger partial charge in [0.15, 0.2) is 0 Å². The van der Waals surface area contributed by atoms with Crippen LogP contribution in [0.1, 0.15) is 89.0 Å². The summed E-state index contributed by atoms with van der Waals surface area (Å²) in [4.78, 5) is 10.7. The zero-order valence-corrected chi connectivity index (χ0v) is 23.8. The summed E-state index contributed by atoms with van der Waals surface area (Å²) in [6.45, 7) is 12.5. The van der Waals surface area contributed by atoms with Crippen molar-refractivity contribution in [2.45, 2.75) is 90.8 Å². The summed E-state index contributed by atoms with van der Waals surface area (Å²) in [5, 5.41) is 29.4. The lowest BCUT2D eigenvalue weighted by molar-refractivity contribution is -0.137. The van der Waals surface area contributed by atoms with E-state index in [-0.39, 0.29) is 24.9 Å². The van der Waals surface area contributed by atoms with Crippen molar-refractivity contribution in [3.05, 3.63) is 82.4 Å². The van der Waals surface area contributed by atoms with Crippen LogP contribution in [0.25, 0.3) is 5.57 Å². The average Bonchev–Trinajstić information content (AvgIpc) is 2.87. The molecule has 0 radical (unpaired) electrons. The Bertz CT molecular complexity index is 1180. The van der Waals surface area contributed by atoms with Crippen LogP contribution in [0.3, 0.4) is 0 Å². The Labute approximate surface area is 227 Å². The Hall–Kier alpha value is -2.89. The number of hydrogen-bond acceptors (Lipinski definition) is 4. The van der Waals surface area contributed by atoms with Crippen LogP contribution in [0.2, 0.25) is 0 Å². The molecule has 0 bridgehead atoms. The minimum atomic E-state index is -0.920. The predicted octanol–water partition coefficient (Wildman–Crippen LogP) is 6.93. The summed E-state index contributed by atoms with van der Waals surface area (Å²) in [6, 6.07) is 14.5. The third kappa shape index (κ3) is 6.75. The molecule has 0 saturated carbocycles. The predicted molar refractivity (Wildman–Crippen MR) is 153 cm³/mol. The molecule has 1 unspecified atom stereocenters. The fourth-order valence-electron chi connectivity index (χ4n) is 5.73. The number of ether oxygens (including phenoxy) is 1. The van der Waals surface area contributed by atoms with Gasteiger partial charge in [0.25, 0.3) is 0 Å². The number of carboxylic acid groups (broad SMARTS) is 1. The molecule has 1 aliphatic carbocycles. The number of rotatable bonds is 12. The number of allylic oxidation sites excluding steroid dienone is 4. The van der Waals surface area contributed by atoms with E-state index in [1.165, 1.54) is 16.7 Å². The number of aliphatic carboxylic acids is 1. The second kappa shape index (κ2) is 12.3. The highest BCUT2D eigenvalue weighted by Crippen LogP contribution is 2.46. The van der Waals surface area contributed by atoms with Gasteiger partial charge in [-0.05, 0) is 99.3 Å². The Morgan fingerprint density at radius 1 is 1.08 bits per heavy atom. The lowest BCUT2D eigenvalue weighted by Gasteiger charge is -2.41. The molecule has 0 amide bonds. The second-order valence-electron chi connectivity index (χ2n) is 11.2. The maximum Gasteiger partial charge on any atom is 0.303 e. The van der Waals surface area contributed by atoms with Gasteiger partial charge in [0.1, 0.15) is 12.4 Å². The number of aliphatic hydroxyl groups excluding tert-OH is 1. The summed E-state index contributed by atoms with van der Waals surface area (Å²) in [6.07, 6.45) is 6.88. The first-order valence-corrected chi connectivity index (χ1v) is 13.8. The first-order chi connectivity index (χ1) is 17.9. The summed E-state index contributed by atoms with van der Waals surface area (Å²) < 4.78 is 5.84. The van der Waals surface area contributed by atoms with Crippen molar-refractivity contribution in [1.82, 2.24) is 0 Å². The van der Waals surface area contributed by atoms with E-state index in [1.54, 1.807) is 0 Å². The summed E-state index contributed by atoms with van der Waals surface area (Å²) in [7, 11) is 0. The van der Waals surface area contributed by atoms with Gasteiger partial charge in [0.2, 0.25) is 0 Å². The number of aliphatic hydroxyl groups is 2. The number of benzene rings is 2. The van der Waals surface area contributed by atoms with Gasteiger partial charge in [-0.1, -0.05) is 61.9 Å². The average molecular weight is 521 g/mol. The maximum atomic E-state index is 10.7. The third-order valence-corrected chi connectivity index (χ3v) is 8.21. The Morgan fingerprint density at radius 2 is 1.79 bits per heavy atom. The lowest BCUT2D eigenvalue weighted by atomic mass is 9.63. The molecule has 3 N–H and O–H groups in total. The standard InChI is InChI=1S/C33H44O5/c1-7-33(8-2,27-13-16-30(23(4)19-27)38-21-28(34)14-17-31(35)36)26-12-15-29(22(3)18-26)24-10-9-11-25(20-24)32(5,6)37/h9-13,15-16,19-20,26,28,34,37H,7-8,14,17-18,21H2,1-6H3,(H,35,36)/t26?,28-/m1/s1. The molecule has 0 fully saturated rings. The number of carbonyl (C=O) groups is 1. The third-order valence-electron chi connectivity index (χ3n) is 8.21. The molecule has 2 aromatic rings. The molecule has 3 rings (SSSR count).